The first-order chi connectivity index (χ1) is 10.6. The molecule has 22 heavy (non-hydrogen) atoms. The van der Waals surface area contributed by atoms with Gasteiger partial charge >= 0.3 is 0 Å². The Hall–Kier alpha value is -1.18. The summed E-state index contributed by atoms with van der Waals surface area (Å²) < 4.78 is 12.1. The molecular weight excluding hydrogens is 386 g/mol. The van der Waals surface area contributed by atoms with Gasteiger partial charge in [-0.1, -0.05) is 33.8 Å². The zero-order valence-corrected chi connectivity index (χ0v) is 15.3. The fourth-order valence-electron chi connectivity index (χ4n) is 1.71. The maximum Gasteiger partial charge on any atom is 0.244 e. The van der Waals surface area contributed by atoms with Crippen LogP contribution in [0.2, 0.25) is 0 Å². The normalized spacial score (nSPS) is 15.9. The maximum atomic E-state index is 12.0. The van der Waals surface area contributed by atoms with Crippen molar-refractivity contribution in [3.05, 3.63) is 40.5 Å². The Kier molecular flexibility index (Phi) is 6.16. The number of rotatable bonds is 5. The number of hydrogen-bond acceptors (Lipinski definition) is 6. The average Bonchev–Trinajstić information content (AvgIpc) is 2.86. The molecule has 0 fully saturated rings. The topological polar surface area (TPSA) is 47.9 Å². The molecule has 0 amide bonds. The quantitative estimate of drug-likeness (QED) is 0.543. The molecule has 0 saturated carbocycles. The minimum atomic E-state index is -0.0618. The van der Waals surface area contributed by atoms with Gasteiger partial charge in [0.1, 0.15) is 10.1 Å². The summed E-state index contributed by atoms with van der Waals surface area (Å²) in [5, 5.41) is -0.0618. The molecule has 1 aliphatic heterocycles. The third kappa shape index (κ3) is 3.97. The Balaban J connectivity index is 2.34. The fourth-order valence-corrected chi connectivity index (χ4v) is 3.75. The molecule has 1 aliphatic rings. The zero-order valence-electron chi connectivity index (χ0n) is 12.1. The summed E-state index contributed by atoms with van der Waals surface area (Å²) >= 11 is 6.11. The van der Waals surface area contributed by atoms with Gasteiger partial charge in [0.25, 0.3) is 0 Å². The van der Waals surface area contributed by atoms with Crippen LogP contribution in [0.4, 0.5) is 0 Å². The number of methoxy groups -OCH3 is 2. The van der Waals surface area contributed by atoms with E-state index in [4.69, 9.17) is 9.47 Å². The van der Waals surface area contributed by atoms with Crippen molar-refractivity contribution in [3.8, 4) is 11.5 Å². The Morgan fingerprint density at radius 2 is 2.05 bits per heavy atom. The molecule has 0 radical (unpaired) electrons. The number of halogens is 1. The van der Waals surface area contributed by atoms with Crippen molar-refractivity contribution in [2.75, 3.05) is 20.0 Å². The first kappa shape index (κ1) is 17.2. The highest BCUT2D eigenvalue weighted by Crippen LogP contribution is 2.36. The van der Waals surface area contributed by atoms with Crippen LogP contribution >= 0.6 is 39.5 Å². The van der Waals surface area contributed by atoms with Crippen LogP contribution in [-0.4, -0.2) is 29.5 Å². The molecule has 116 valence electrons. The number of thioether (sulfide) groups is 2. The minimum Gasteiger partial charge on any atom is -0.493 e. The third-order valence-electron chi connectivity index (χ3n) is 2.72. The monoisotopic (exact) mass is 399 g/mol. The largest absolute Gasteiger partial charge is 0.493 e. The number of aliphatic imine (C=N–C) groups is 1. The molecule has 1 aromatic rings. The summed E-state index contributed by atoms with van der Waals surface area (Å²) in [6.45, 7) is 3.66. The van der Waals surface area contributed by atoms with Crippen LogP contribution in [0.5, 0.6) is 11.5 Å². The second kappa shape index (κ2) is 7.89. The number of hydrogen-bond donors (Lipinski definition) is 0. The Labute approximate surface area is 146 Å². The number of nitrogens with zero attached hydrogens (tertiary/aromatic N) is 1. The van der Waals surface area contributed by atoms with Gasteiger partial charge in [-0.15, -0.1) is 6.58 Å². The van der Waals surface area contributed by atoms with E-state index in [2.05, 4.69) is 27.5 Å². The summed E-state index contributed by atoms with van der Waals surface area (Å²) in [7, 11) is 3.15. The van der Waals surface area contributed by atoms with Crippen LogP contribution in [0.1, 0.15) is 5.56 Å². The molecule has 0 saturated heterocycles. The van der Waals surface area contributed by atoms with Gasteiger partial charge in [-0.25, -0.2) is 4.99 Å². The predicted octanol–water partition coefficient (Wildman–Crippen LogP) is 4.36. The van der Waals surface area contributed by atoms with Crippen LogP contribution in [0.25, 0.3) is 6.08 Å². The van der Waals surface area contributed by atoms with Crippen LogP contribution in [-0.2, 0) is 4.79 Å². The summed E-state index contributed by atoms with van der Waals surface area (Å²) in [5.41, 5.74) is 1.23. The highest BCUT2D eigenvalue weighted by Gasteiger charge is 2.22. The van der Waals surface area contributed by atoms with E-state index < -0.39 is 0 Å². The molecule has 0 unspecified atom stereocenters. The van der Waals surface area contributed by atoms with Gasteiger partial charge in [-0.2, -0.15) is 0 Å². The number of benzene rings is 1. The van der Waals surface area contributed by atoms with E-state index in [1.54, 1.807) is 38.5 Å². The lowest BCUT2D eigenvalue weighted by molar-refractivity contribution is -0.107. The van der Waals surface area contributed by atoms with Crippen LogP contribution in [0, 0.1) is 0 Å². The Bertz CT molecular complexity index is 671. The van der Waals surface area contributed by atoms with Crippen LogP contribution < -0.4 is 9.47 Å². The van der Waals surface area contributed by atoms with E-state index >= 15 is 0 Å². The average molecular weight is 400 g/mol. The van der Waals surface area contributed by atoms with Crippen molar-refractivity contribution in [2.45, 2.75) is 0 Å². The van der Waals surface area contributed by atoms with E-state index in [0.717, 1.165) is 31.9 Å². The zero-order chi connectivity index (χ0) is 16.1. The molecule has 0 bridgehead atoms. The molecule has 0 spiro atoms. The van der Waals surface area contributed by atoms with Crippen molar-refractivity contribution in [2.24, 2.45) is 4.99 Å². The standard InChI is InChI=1S/C15H14BrNO3S2/c1-4-5-21-15-17-11(14(18)22-15)6-9-7-12(19-2)13(20-3)8-10(9)16/h4,6-8H,1,5H2,2-3H3/b11-6-. The highest BCUT2D eigenvalue weighted by molar-refractivity contribution is 9.10. The summed E-state index contributed by atoms with van der Waals surface area (Å²) in [6.07, 6.45) is 3.52. The second-order valence-electron chi connectivity index (χ2n) is 4.13. The molecule has 0 N–H and O–H groups in total. The second-order valence-corrected chi connectivity index (χ2v) is 7.21. The molecule has 7 heteroatoms. The Morgan fingerprint density at radius 3 is 2.68 bits per heavy atom. The van der Waals surface area contributed by atoms with E-state index in [1.165, 1.54) is 11.8 Å². The van der Waals surface area contributed by atoms with Crippen molar-refractivity contribution in [3.63, 3.8) is 0 Å². The first-order valence-electron chi connectivity index (χ1n) is 6.26. The van der Waals surface area contributed by atoms with Crippen molar-refractivity contribution in [1.82, 2.24) is 0 Å². The molecule has 0 aromatic heterocycles. The van der Waals surface area contributed by atoms with E-state index in [-0.39, 0.29) is 5.12 Å². The van der Waals surface area contributed by atoms with E-state index in [9.17, 15) is 4.79 Å². The minimum absolute atomic E-state index is 0.0618. The number of carbonyl (C=O) groups is 1. The van der Waals surface area contributed by atoms with Gasteiger partial charge in [0, 0.05) is 10.2 Å². The van der Waals surface area contributed by atoms with Crippen LogP contribution in [0.3, 0.4) is 0 Å². The van der Waals surface area contributed by atoms with Crippen molar-refractivity contribution < 1.29 is 14.3 Å². The van der Waals surface area contributed by atoms with Crippen molar-refractivity contribution >= 4 is 55.0 Å². The Morgan fingerprint density at radius 1 is 1.36 bits per heavy atom. The van der Waals surface area contributed by atoms with Crippen LogP contribution in [0.15, 0.2) is 39.9 Å². The fraction of sp³-hybridized carbons (Fsp3) is 0.200. The molecule has 1 aromatic carbocycles. The van der Waals surface area contributed by atoms with Gasteiger partial charge in [-0.3, -0.25) is 4.79 Å². The lowest BCUT2D eigenvalue weighted by Crippen LogP contribution is -1.93. The molecule has 2 rings (SSSR count). The lowest BCUT2D eigenvalue weighted by atomic mass is 10.1. The predicted molar refractivity (Wildman–Crippen MR) is 97.9 cm³/mol. The molecule has 1 heterocycles. The van der Waals surface area contributed by atoms with Gasteiger partial charge in [0.2, 0.25) is 5.12 Å². The van der Waals surface area contributed by atoms with E-state index in [1.807, 2.05) is 0 Å². The highest BCUT2D eigenvalue weighted by atomic mass is 79.9. The maximum absolute atomic E-state index is 12.0. The smallest absolute Gasteiger partial charge is 0.244 e. The van der Waals surface area contributed by atoms with Gasteiger partial charge in [0.15, 0.2) is 11.5 Å². The van der Waals surface area contributed by atoms with Gasteiger partial charge < -0.3 is 9.47 Å². The molecule has 0 aliphatic carbocycles. The number of carbonyl (C=O) groups excluding carboxylic acids is 1. The lowest BCUT2D eigenvalue weighted by Gasteiger charge is -2.09. The molecular formula is C15H14BrNO3S2. The van der Waals surface area contributed by atoms with Crippen molar-refractivity contribution in [1.29, 1.82) is 0 Å². The number of ether oxygens (including phenoxy) is 2. The first-order valence-corrected chi connectivity index (χ1v) is 8.86. The third-order valence-corrected chi connectivity index (χ3v) is 5.41. The SMILES string of the molecule is C=CCSC1=N/C(=C\c2cc(OC)c(OC)cc2Br)C(=O)S1. The summed E-state index contributed by atoms with van der Waals surface area (Å²) in [6, 6.07) is 3.60. The summed E-state index contributed by atoms with van der Waals surface area (Å²) in [4.78, 5) is 16.4. The van der Waals surface area contributed by atoms with Gasteiger partial charge in [-0.05, 0) is 35.5 Å². The van der Waals surface area contributed by atoms with E-state index in [0.29, 0.717) is 17.2 Å². The molecule has 4 nitrogen and oxygen atoms in total. The molecule has 0 atom stereocenters. The van der Waals surface area contributed by atoms with Gasteiger partial charge in [0.05, 0.1) is 14.2 Å². The summed E-state index contributed by atoms with van der Waals surface area (Å²) in [5.74, 6) is 1.95.